The number of hydrogen-bond acceptors (Lipinski definition) is 9. The van der Waals surface area contributed by atoms with Crippen molar-refractivity contribution in [1.82, 2.24) is 25.3 Å². The molecule has 1 aromatic heterocycles. The highest BCUT2D eigenvalue weighted by Gasteiger charge is 2.64. The molecule has 62 heavy (non-hydrogen) atoms. The van der Waals surface area contributed by atoms with Crippen LogP contribution in [0.5, 0.6) is 5.75 Å². The molecule has 3 aliphatic heterocycles. The summed E-state index contributed by atoms with van der Waals surface area (Å²) in [7, 11) is 0. The largest absolute Gasteiger partial charge is 0.489 e. The molecule has 326 valence electrons. The van der Waals surface area contributed by atoms with E-state index in [0.717, 1.165) is 82.2 Å². The first-order valence-electron chi connectivity index (χ1n) is 21.2. The second kappa shape index (κ2) is 16.4. The lowest BCUT2D eigenvalue weighted by atomic mass is 9.49. The molecular weight excluding hydrogens is 802 g/mol. The fourth-order valence-corrected chi connectivity index (χ4v) is 10.3. The first-order chi connectivity index (χ1) is 29.4. The van der Waals surface area contributed by atoms with Gasteiger partial charge in [0.05, 0.1) is 23.7 Å². The Labute approximate surface area is 358 Å². The number of hydrogen-bond donors (Lipinski definition) is 2. The van der Waals surface area contributed by atoms with Gasteiger partial charge in [-0.25, -0.2) is 9.53 Å². The average molecular weight is 853 g/mol. The topological polar surface area (TPSA) is 133 Å². The second-order valence-electron chi connectivity index (χ2n) is 18.2. The zero-order chi connectivity index (χ0) is 44.1. The van der Waals surface area contributed by atoms with Gasteiger partial charge in [0.15, 0.2) is 5.69 Å². The molecule has 8 rings (SSSR count). The van der Waals surface area contributed by atoms with Crippen molar-refractivity contribution in [2.45, 2.75) is 77.7 Å². The fraction of sp³-hybridized carbons (Fsp3) is 0.478. The van der Waals surface area contributed by atoms with Crippen LogP contribution in [0.25, 0.3) is 15.6 Å². The quantitative estimate of drug-likeness (QED) is 0.141. The third-order valence-electron chi connectivity index (χ3n) is 13.4. The zero-order valence-electron chi connectivity index (χ0n) is 35.3. The zero-order valence-corrected chi connectivity index (χ0v) is 35.3. The third kappa shape index (κ3) is 8.22. The molecule has 2 N–H and O–H groups in total. The summed E-state index contributed by atoms with van der Waals surface area (Å²) in [6.45, 7) is 21.3. The number of benzene rings is 3. The highest BCUT2D eigenvalue weighted by Crippen LogP contribution is 2.56. The van der Waals surface area contributed by atoms with E-state index >= 15 is 0 Å². The Kier molecular flexibility index (Phi) is 11.3. The van der Waals surface area contributed by atoms with E-state index in [-0.39, 0.29) is 42.0 Å². The Bertz CT molecular complexity index is 2470. The number of piperazine rings is 1. The molecule has 1 saturated carbocycles. The highest BCUT2D eigenvalue weighted by atomic mass is 19.4. The first-order valence-corrected chi connectivity index (χ1v) is 21.2. The van der Waals surface area contributed by atoms with Crippen molar-refractivity contribution in [1.29, 1.82) is 0 Å². The van der Waals surface area contributed by atoms with Crippen LogP contribution in [0.4, 0.5) is 30.2 Å². The van der Waals surface area contributed by atoms with Crippen molar-refractivity contribution in [3.63, 3.8) is 0 Å². The van der Waals surface area contributed by atoms with Crippen LogP contribution in [0.3, 0.4) is 0 Å². The van der Waals surface area contributed by atoms with Gasteiger partial charge in [0, 0.05) is 91.4 Å². The molecule has 3 aromatic carbocycles. The lowest BCUT2D eigenvalue weighted by Crippen LogP contribution is -2.74. The Hall–Kier alpha value is -5.95. The molecule has 3 amide bonds. The Morgan fingerprint density at radius 1 is 0.887 bits per heavy atom. The molecule has 1 aliphatic carbocycles. The van der Waals surface area contributed by atoms with Crippen molar-refractivity contribution in [2.24, 2.45) is 16.7 Å². The van der Waals surface area contributed by atoms with Crippen LogP contribution in [0.15, 0.2) is 71.7 Å². The molecule has 0 spiro atoms. The van der Waals surface area contributed by atoms with Crippen LogP contribution in [0.2, 0.25) is 0 Å². The lowest BCUT2D eigenvalue weighted by molar-refractivity contribution is -0.164. The number of nitrogens with zero attached hydrogens (tertiary/aromatic N) is 6. The van der Waals surface area contributed by atoms with Gasteiger partial charge in [-0.1, -0.05) is 33.8 Å². The molecule has 0 unspecified atom stereocenters. The van der Waals surface area contributed by atoms with Crippen LogP contribution in [0, 0.1) is 23.3 Å². The van der Waals surface area contributed by atoms with Crippen molar-refractivity contribution in [3.8, 4) is 5.75 Å². The summed E-state index contributed by atoms with van der Waals surface area (Å²) >= 11 is 0. The summed E-state index contributed by atoms with van der Waals surface area (Å²) in [5, 5.41) is 11.0. The predicted molar refractivity (Wildman–Crippen MR) is 228 cm³/mol. The van der Waals surface area contributed by atoms with E-state index in [0.29, 0.717) is 22.3 Å². The van der Waals surface area contributed by atoms with Crippen molar-refractivity contribution in [2.75, 3.05) is 55.6 Å². The molecule has 0 radical (unpaired) electrons. The van der Waals surface area contributed by atoms with Crippen molar-refractivity contribution >= 4 is 45.6 Å². The van der Waals surface area contributed by atoms with Gasteiger partial charge in [0.1, 0.15) is 17.9 Å². The summed E-state index contributed by atoms with van der Waals surface area (Å²) < 4.78 is 48.2. The maximum absolute atomic E-state index is 13.6. The summed E-state index contributed by atoms with van der Waals surface area (Å²) in [5.74, 6) is -0.462. The molecule has 4 aliphatic rings. The number of fused-ring (bicyclic) bond motifs is 1. The van der Waals surface area contributed by atoms with Gasteiger partial charge in [-0.2, -0.15) is 18.3 Å². The molecule has 4 fully saturated rings. The first kappa shape index (κ1) is 42.7. The Morgan fingerprint density at radius 3 is 2.19 bits per heavy atom. The minimum atomic E-state index is -4.68. The minimum Gasteiger partial charge on any atom is -0.489 e. The van der Waals surface area contributed by atoms with Crippen LogP contribution in [-0.2, 0) is 15.8 Å². The molecule has 0 bridgehead atoms. The number of alkyl halides is 3. The number of imide groups is 1. The van der Waals surface area contributed by atoms with Crippen LogP contribution >= 0.6 is 0 Å². The van der Waals surface area contributed by atoms with E-state index in [2.05, 4.69) is 35.3 Å². The molecule has 4 heterocycles. The summed E-state index contributed by atoms with van der Waals surface area (Å²) in [6, 6.07) is 15.7. The molecule has 16 heteroatoms. The van der Waals surface area contributed by atoms with Gasteiger partial charge in [-0.05, 0) is 79.8 Å². The van der Waals surface area contributed by atoms with E-state index in [1.54, 1.807) is 12.3 Å². The number of halogens is 3. The number of piperidine rings is 2. The number of aromatic nitrogens is 2. The van der Waals surface area contributed by atoms with Crippen LogP contribution in [-0.4, -0.2) is 90.4 Å². The van der Waals surface area contributed by atoms with Gasteiger partial charge in [0.2, 0.25) is 5.91 Å². The van der Waals surface area contributed by atoms with Gasteiger partial charge in [0.25, 0.3) is 17.4 Å². The smallest absolute Gasteiger partial charge is 0.407 e. The van der Waals surface area contributed by atoms with Crippen LogP contribution in [0.1, 0.15) is 75.3 Å². The number of nitrogens with one attached hydrogen (secondary N) is 2. The fourth-order valence-electron chi connectivity index (χ4n) is 10.3. The monoisotopic (exact) mass is 852 g/mol. The summed E-state index contributed by atoms with van der Waals surface area (Å²) in [6.07, 6.45) is -1.02. The van der Waals surface area contributed by atoms with Crippen molar-refractivity contribution in [3.05, 3.63) is 99.8 Å². The second-order valence-corrected chi connectivity index (χ2v) is 18.2. The normalized spacial score (nSPS) is 23.0. The molecular formula is C46H51F3N8O5. The lowest BCUT2D eigenvalue weighted by Gasteiger charge is -2.63. The Balaban J connectivity index is 0.797. The maximum Gasteiger partial charge on any atom is 0.407 e. The SMILES string of the molecule is [C-]#[N+]c1ccc(OC2C(C)(C)C(NC(=O)c3ccc(N4CCC(CN5CCN(c6ccc7c(=O)n([C@@H]8CCC(=O)NC8=O)ncc7c6)CC5)CC4)cc3)C2(C)C)cc1C(F)(F)F. The number of rotatable bonds is 9. The summed E-state index contributed by atoms with van der Waals surface area (Å²) in [5.41, 5.74) is -0.434. The highest BCUT2D eigenvalue weighted by molar-refractivity contribution is 5.99. The molecule has 4 aromatic rings. The molecule has 1 atom stereocenters. The van der Waals surface area contributed by atoms with E-state index < -0.39 is 46.3 Å². The summed E-state index contributed by atoms with van der Waals surface area (Å²) in [4.78, 5) is 60.9. The maximum atomic E-state index is 13.6. The van der Waals surface area contributed by atoms with E-state index in [1.165, 1.54) is 10.7 Å². The standard InChI is InChI=1S/C46H51F3N8O5/c1-44(2)42(45(3,4)43(44)62-33-11-13-36(50-5)35(25-33)46(47,48)49)53-39(59)29-6-8-31(9-7-29)55-18-16-28(17-19-55)27-54-20-22-56(23-21-54)32-10-12-34-30(24-32)26-51-57(41(34)61)37-14-15-38(58)52-40(37)60/h6-13,24-26,28,37,42-43H,14-23,27H2,1-4H3,(H,53,59)(H,52,58,60)/t37-,42?,43?/m1/s1. The van der Waals surface area contributed by atoms with Gasteiger partial charge >= 0.3 is 6.18 Å². The van der Waals surface area contributed by atoms with Crippen molar-refractivity contribution < 1.29 is 32.3 Å². The number of carbonyl (C=O) groups is 3. The van der Waals surface area contributed by atoms with E-state index in [9.17, 15) is 32.3 Å². The number of ether oxygens (including phenoxy) is 1. The van der Waals surface area contributed by atoms with E-state index in [1.807, 2.05) is 64.1 Å². The molecule has 3 saturated heterocycles. The predicted octanol–water partition coefficient (Wildman–Crippen LogP) is 6.59. The minimum absolute atomic E-state index is 0.0308. The number of carbonyl (C=O) groups excluding carboxylic acids is 3. The average Bonchev–Trinajstić information content (AvgIpc) is 3.25. The van der Waals surface area contributed by atoms with E-state index in [4.69, 9.17) is 11.3 Å². The third-order valence-corrected chi connectivity index (χ3v) is 13.4. The number of amides is 3. The van der Waals surface area contributed by atoms with Crippen LogP contribution < -0.4 is 30.7 Å². The molecule has 13 nitrogen and oxygen atoms in total. The van der Waals surface area contributed by atoms with Gasteiger partial charge in [-0.3, -0.25) is 29.4 Å². The van der Waals surface area contributed by atoms with Gasteiger partial charge < -0.3 is 19.9 Å². The van der Waals surface area contributed by atoms with Gasteiger partial charge in [-0.15, -0.1) is 0 Å². The Morgan fingerprint density at radius 2 is 1.55 bits per heavy atom. The number of anilines is 2.